The van der Waals surface area contributed by atoms with Gasteiger partial charge in [-0.3, -0.25) is 4.79 Å². The molecule has 1 fully saturated rings. The number of hydrogen-bond acceptors (Lipinski definition) is 5. The van der Waals surface area contributed by atoms with Gasteiger partial charge in [0.1, 0.15) is 0 Å². The Bertz CT molecular complexity index is 1000. The summed E-state index contributed by atoms with van der Waals surface area (Å²) in [6, 6.07) is 12.3. The fourth-order valence-corrected chi connectivity index (χ4v) is 3.24. The van der Waals surface area contributed by atoms with E-state index in [1.807, 2.05) is 31.2 Å². The second-order valence-corrected chi connectivity index (χ2v) is 6.55. The highest BCUT2D eigenvalue weighted by molar-refractivity contribution is 5.96. The maximum atomic E-state index is 13.9. The van der Waals surface area contributed by atoms with E-state index in [0.29, 0.717) is 24.4 Å². The van der Waals surface area contributed by atoms with Crippen LogP contribution in [0.15, 0.2) is 47.0 Å². The summed E-state index contributed by atoms with van der Waals surface area (Å²) in [5.41, 5.74) is 2.44. The molecule has 7 heteroatoms. The van der Waals surface area contributed by atoms with E-state index in [2.05, 4.69) is 10.1 Å². The summed E-state index contributed by atoms with van der Waals surface area (Å²) in [7, 11) is 1.40. The molecule has 138 valence electrons. The van der Waals surface area contributed by atoms with E-state index < -0.39 is 5.82 Å². The molecule has 0 radical (unpaired) electrons. The summed E-state index contributed by atoms with van der Waals surface area (Å²) in [5.74, 6) is 0.140. The predicted molar refractivity (Wildman–Crippen MR) is 97.1 cm³/mol. The number of anilines is 1. The lowest BCUT2D eigenvalue weighted by atomic mass is 10.1. The monoisotopic (exact) mass is 367 g/mol. The third-order valence-corrected chi connectivity index (χ3v) is 4.64. The molecular weight excluding hydrogens is 349 g/mol. The van der Waals surface area contributed by atoms with Crippen molar-refractivity contribution in [1.29, 1.82) is 0 Å². The van der Waals surface area contributed by atoms with Crippen LogP contribution in [0.5, 0.6) is 5.75 Å². The number of rotatable bonds is 4. The minimum absolute atomic E-state index is 0.0147. The molecule has 6 nitrogen and oxygen atoms in total. The van der Waals surface area contributed by atoms with Gasteiger partial charge in [-0.15, -0.1) is 0 Å². The molecule has 4 rings (SSSR count). The van der Waals surface area contributed by atoms with Crippen LogP contribution >= 0.6 is 0 Å². The summed E-state index contributed by atoms with van der Waals surface area (Å²) in [5, 5.41) is 3.94. The number of nitrogens with zero attached hydrogens (tertiary/aromatic N) is 3. The lowest BCUT2D eigenvalue weighted by Crippen LogP contribution is -2.24. The highest BCUT2D eigenvalue weighted by Crippen LogP contribution is 2.32. The quantitative estimate of drug-likeness (QED) is 0.703. The molecule has 2 aromatic carbocycles. The van der Waals surface area contributed by atoms with E-state index in [1.165, 1.54) is 19.2 Å². The van der Waals surface area contributed by atoms with Crippen molar-refractivity contribution in [3.05, 3.63) is 59.7 Å². The van der Waals surface area contributed by atoms with Crippen LogP contribution in [0.25, 0.3) is 11.4 Å². The highest BCUT2D eigenvalue weighted by atomic mass is 19.1. The van der Waals surface area contributed by atoms with E-state index in [-0.39, 0.29) is 23.4 Å². The van der Waals surface area contributed by atoms with Gasteiger partial charge < -0.3 is 14.2 Å². The topological polar surface area (TPSA) is 68.5 Å². The first-order valence-corrected chi connectivity index (χ1v) is 8.59. The largest absolute Gasteiger partial charge is 0.494 e. The van der Waals surface area contributed by atoms with Crippen LogP contribution in [0.1, 0.15) is 23.8 Å². The summed E-state index contributed by atoms with van der Waals surface area (Å²) in [6.45, 7) is 2.46. The molecule has 1 aliphatic heterocycles. The first kappa shape index (κ1) is 17.2. The van der Waals surface area contributed by atoms with Gasteiger partial charge in [-0.25, -0.2) is 4.39 Å². The molecule has 1 saturated heterocycles. The van der Waals surface area contributed by atoms with Crippen LogP contribution in [-0.2, 0) is 4.79 Å². The number of hydrogen-bond donors (Lipinski definition) is 0. The van der Waals surface area contributed by atoms with Crippen molar-refractivity contribution >= 4 is 11.6 Å². The number of methoxy groups -OCH3 is 1. The van der Waals surface area contributed by atoms with Gasteiger partial charge in [0.05, 0.1) is 13.0 Å². The molecular formula is C20H18FN3O3. The normalized spacial score (nSPS) is 16.8. The van der Waals surface area contributed by atoms with Crippen molar-refractivity contribution in [2.24, 2.45) is 0 Å². The molecule has 1 amide bonds. The molecule has 1 aromatic heterocycles. The van der Waals surface area contributed by atoms with E-state index in [1.54, 1.807) is 11.0 Å². The van der Waals surface area contributed by atoms with Gasteiger partial charge in [-0.05, 0) is 42.8 Å². The Hall–Kier alpha value is -3.22. The van der Waals surface area contributed by atoms with Crippen LogP contribution in [0.3, 0.4) is 0 Å². The highest BCUT2D eigenvalue weighted by Gasteiger charge is 2.35. The Balaban J connectivity index is 1.55. The minimum atomic E-state index is -0.497. The summed E-state index contributed by atoms with van der Waals surface area (Å²) in [4.78, 5) is 18.5. The van der Waals surface area contributed by atoms with Gasteiger partial charge in [-0.1, -0.05) is 17.3 Å². The molecule has 0 saturated carbocycles. The molecule has 0 N–H and O–H groups in total. The zero-order chi connectivity index (χ0) is 19.0. The SMILES string of the molecule is COc1ccc(-c2noc(C3CC(=O)N(c4cccc(C)c4)C3)n2)cc1F. The van der Waals surface area contributed by atoms with Gasteiger partial charge >= 0.3 is 0 Å². The van der Waals surface area contributed by atoms with Crippen LogP contribution < -0.4 is 9.64 Å². The van der Waals surface area contributed by atoms with E-state index in [9.17, 15) is 9.18 Å². The van der Waals surface area contributed by atoms with E-state index in [0.717, 1.165) is 11.3 Å². The maximum Gasteiger partial charge on any atom is 0.232 e. The number of carbonyl (C=O) groups is 1. The number of aryl methyl sites for hydroxylation is 1. The fraction of sp³-hybridized carbons (Fsp3) is 0.250. The number of carbonyl (C=O) groups excluding carboxylic acids is 1. The molecule has 0 aliphatic carbocycles. The third-order valence-electron chi connectivity index (χ3n) is 4.64. The number of aromatic nitrogens is 2. The number of amides is 1. The zero-order valence-electron chi connectivity index (χ0n) is 15.0. The van der Waals surface area contributed by atoms with Crippen molar-refractivity contribution in [3.63, 3.8) is 0 Å². The summed E-state index contributed by atoms with van der Waals surface area (Å²) in [6.07, 6.45) is 0.298. The number of ether oxygens (including phenoxy) is 1. The van der Waals surface area contributed by atoms with E-state index in [4.69, 9.17) is 9.26 Å². The zero-order valence-corrected chi connectivity index (χ0v) is 15.0. The Morgan fingerprint density at radius 3 is 2.85 bits per heavy atom. The summed E-state index contributed by atoms with van der Waals surface area (Å²) < 4.78 is 24.2. The molecule has 1 aliphatic rings. The average Bonchev–Trinajstić information content (AvgIpc) is 3.28. The molecule has 0 spiro atoms. The minimum Gasteiger partial charge on any atom is -0.494 e. The molecule has 3 aromatic rings. The van der Waals surface area contributed by atoms with Gasteiger partial charge in [0, 0.05) is 24.2 Å². The Morgan fingerprint density at radius 1 is 1.26 bits per heavy atom. The van der Waals surface area contributed by atoms with Crippen molar-refractivity contribution in [2.45, 2.75) is 19.3 Å². The molecule has 1 atom stereocenters. The first-order chi connectivity index (χ1) is 13.0. The lowest BCUT2D eigenvalue weighted by Gasteiger charge is -2.16. The van der Waals surface area contributed by atoms with Gasteiger partial charge in [0.15, 0.2) is 11.6 Å². The van der Waals surface area contributed by atoms with Crippen molar-refractivity contribution < 1.29 is 18.4 Å². The van der Waals surface area contributed by atoms with Gasteiger partial charge in [0.25, 0.3) is 0 Å². The van der Waals surface area contributed by atoms with Crippen molar-refractivity contribution in [1.82, 2.24) is 10.1 Å². The van der Waals surface area contributed by atoms with Crippen LogP contribution in [0.2, 0.25) is 0 Å². The second kappa shape index (κ2) is 6.83. The second-order valence-electron chi connectivity index (χ2n) is 6.55. The Labute approximate surface area is 155 Å². The molecule has 2 heterocycles. The third kappa shape index (κ3) is 3.28. The standard InChI is InChI=1S/C20H18FN3O3/c1-12-4-3-5-15(8-12)24-11-14(10-18(24)25)20-22-19(23-27-20)13-6-7-17(26-2)16(21)9-13/h3-9,14H,10-11H2,1-2H3. The van der Waals surface area contributed by atoms with Crippen LogP contribution in [0.4, 0.5) is 10.1 Å². The molecule has 0 bridgehead atoms. The first-order valence-electron chi connectivity index (χ1n) is 8.59. The molecule has 1 unspecified atom stereocenters. The van der Waals surface area contributed by atoms with Gasteiger partial charge in [-0.2, -0.15) is 4.98 Å². The maximum absolute atomic E-state index is 13.9. The van der Waals surface area contributed by atoms with Crippen molar-refractivity contribution in [3.8, 4) is 17.1 Å². The number of benzene rings is 2. The van der Waals surface area contributed by atoms with E-state index >= 15 is 0 Å². The average molecular weight is 367 g/mol. The Morgan fingerprint density at radius 2 is 2.11 bits per heavy atom. The molecule has 27 heavy (non-hydrogen) atoms. The van der Waals surface area contributed by atoms with Crippen LogP contribution in [0, 0.1) is 12.7 Å². The Kier molecular flexibility index (Phi) is 4.35. The van der Waals surface area contributed by atoms with Gasteiger partial charge in [0.2, 0.25) is 17.6 Å². The van der Waals surface area contributed by atoms with Crippen molar-refractivity contribution in [2.75, 3.05) is 18.6 Å². The lowest BCUT2D eigenvalue weighted by molar-refractivity contribution is -0.117. The number of halogens is 1. The fourth-order valence-electron chi connectivity index (χ4n) is 3.24. The summed E-state index contributed by atoms with van der Waals surface area (Å²) >= 11 is 0. The predicted octanol–water partition coefficient (Wildman–Crippen LogP) is 3.71. The van der Waals surface area contributed by atoms with Crippen LogP contribution in [-0.4, -0.2) is 29.7 Å². The smallest absolute Gasteiger partial charge is 0.232 e.